The molecule has 1 N–H and O–H groups in total. The van der Waals surface area contributed by atoms with Gasteiger partial charge >= 0.3 is 5.97 Å². The minimum atomic E-state index is -0.854. The van der Waals surface area contributed by atoms with Crippen molar-refractivity contribution in [3.63, 3.8) is 0 Å². The van der Waals surface area contributed by atoms with E-state index in [0.717, 1.165) is 11.5 Å². The Kier molecular flexibility index (Phi) is 6.42. The van der Waals surface area contributed by atoms with Crippen molar-refractivity contribution in [1.82, 2.24) is 9.80 Å². The Balaban J connectivity index is 2.54. The highest BCUT2D eigenvalue weighted by atomic mass is 16.4. The molecule has 0 aromatic carbocycles. The third kappa shape index (κ3) is 5.59. The van der Waals surface area contributed by atoms with Crippen LogP contribution in [0.1, 0.15) is 31.8 Å². The first-order valence-electron chi connectivity index (χ1n) is 7.08. The van der Waals surface area contributed by atoms with Crippen LogP contribution in [-0.2, 0) is 16.1 Å². The summed E-state index contributed by atoms with van der Waals surface area (Å²) in [5.74, 6) is 0.650. The van der Waals surface area contributed by atoms with Crippen LogP contribution in [0.2, 0.25) is 0 Å². The number of amides is 1. The molecular weight excluding hydrogens is 272 g/mol. The number of carboxylic acids is 1. The van der Waals surface area contributed by atoms with Gasteiger partial charge in [0.05, 0.1) is 19.5 Å². The van der Waals surface area contributed by atoms with Gasteiger partial charge in [-0.2, -0.15) is 0 Å². The van der Waals surface area contributed by atoms with E-state index in [1.54, 1.807) is 11.9 Å². The fourth-order valence-electron chi connectivity index (χ4n) is 2.15. The number of hydrogen-bond donors (Lipinski definition) is 1. The van der Waals surface area contributed by atoms with Gasteiger partial charge in [-0.3, -0.25) is 14.5 Å². The van der Waals surface area contributed by atoms with Crippen LogP contribution in [0.4, 0.5) is 0 Å². The summed E-state index contributed by atoms with van der Waals surface area (Å²) < 4.78 is 5.45. The van der Waals surface area contributed by atoms with Gasteiger partial charge in [-0.1, -0.05) is 6.92 Å². The lowest BCUT2D eigenvalue weighted by atomic mass is 10.2. The highest BCUT2D eigenvalue weighted by Gasteiger charge is 2.20. The Morgan fingerprint density at radius 2 is 2.05 bits per heavy atom. The molecule has 1 rings (SSSR count). The minimum Gasteiger partial charge on any atom is -0.481 e. The number of carbonyl (C=O) groups excluding carboxylic acids is 1. The first-order valence-corrected chi connectivity index (χ1v) is 7.08. The quantitative estimate of drug-likeness (QED) is 0.791. The number of carbonyl (C=O) groups is 2. The smallest absolute Gasteiger partial charge is 0.304 e. The molecule has 0 spiro atoms. The maximum absolute atomic E-state index is 12.2. The maximum atomic E-state index is 12.2. The molecule has 0 saturated carbocycles. The second-order valence-corrected chi connectivity index (χ2v) is 5.27. The lowest BCUT2D eigenvalue weighted by Crippen LogP contribution is -2.42. The van der Waals surface area contributed by atoms with Gasteiger partial charge in [-0.15, -0.1) is 0 Å². The van der Waals surface area contributed by atoms with E-state index in [9.17, 15) is 9.59 Å². The molecule has 1 amide bonds. The fourth-order valence-corrected chi connectivity index (χ4v) is 2.15. The van der Waals surface area contributed by atoms with Crippen LogP contribution in [0, 0.1) is 6.92 Å². The van der Waals surface area contributed by atoms with Gasteiger partial charge in [0.1, 0.15) is 11.5 Å². The molecule has 0 aliphatic heterocycles. The van der Waals surface area contributed by atoms with Crippen LogP contribution in [0.15, 0.2) is 16.5 Å². The van der Waals surface area contributed by atoms with Crippen LogP contribution >= 0.6 is 0 Å². The standard InChI is InChI=1S/C15H24N2O4/c1-5-17(11(2)8-15(19)20)10-14(18)16(4)9-13-7-6-12(3)21-13/h6-7,11H,5,8-10H2,1-4H3,(H,19,20). The normalized spacial score (nSPS) is 12.4. The molecular formula is C15H24N2O4. The molecule has 0 fully saturated rings. The Labute approximate surface area is 125 Å². The Bertz CT molecular complexity index is 484. The van der Waals surface area contributed by atoms with E-state index < -0.39 is 5.97 Å². The zero-order valence-electron chi connectivity index (χ0n) is 13.1. The highest BCUT2D eigenvalue weighted by molar-refractivity contribution is 5.78. The maximum Gasteiger partial charge on any atom is 0.304 e. The van der Waals surface area contributed by atoms with E-state index in [0.29, 0.717) is 13.1 Å². The number of carboxylic acid groups (broad SMARTS) is 1. The average molecular weight is 296 g/mol. The zero-order valence-corrected chi connectivity index (χ0v) is 13.1. The number of likely N-dealkylation sites (N-methyl/N-ethyl adjacent to an activating group) is 2. The van der Waals surface area contributed by atoms with Crippen LogP contribution < -0.4 is 0 Å². The Morgan fingerprint density at radius 3 is 2.52 bits per heavy atom. The molecule has 118 valence electrons. The first kappa shape index (κ1) is 17.2. The highest BCUT2D eigenvalue weighted by Crippen LogP contribution is 2.10. The number of rotatable bonds is 8. The van der Waals surface area contributed by atoms with Gasteiger partial charge in [0, 0.05) is 13.1 Å². The second kappa shape index (κ2) is 7.83. The molecule has 0 bridgehead atoms. The number of nitrogens with zero attached hydrogens (tertiary/aromatic N) is 2. The van der Waals surface area contributed by atoms with Crippen LogP contribution in [0.3, 0.4) is 0 Å². The van der Waals surface area contributed by atoms with Gasteiger partial charge in [0.15, 0.2) is 0 Å². The molecule has 0 radical (unpaired) electrons. The number of aliphatic carboxylic acids is 1. The average Bonchev–Trinajstić information content (AvgIpc) is 2.79. The van der Waals surface area contributed by atoms with E-state index in [4.69, 9.17) is 9.52 Å². The summed E-state index contributed by atoms with van der Waals surface area (Å²) in [5, 5.41) is 8.83. The molecule has 0 aliphatic carbocycles. The van der Waals surface area contributed by atoms with Gasteiger partial charge in [-0.25, -0.2) is 0 Å². The summed E-state index contributed by atoms with van der Waals surface area (Å²) >= 11 is 0. The number of furan rings is 1. The molecule has 1 aromatic heterocycles. The Hall–Kier alpha value is -1.82. The van der Waals surface area contributed by atoms with E-state index in [1.165, 1.54) is 0 Å². The molecule has 1 aromatic rings. The van der Waals surface area contributed by atoms with Crippen molar-refractivity contribution >= 4 is 11.9 Å². The Morgan fingerprint density at radius 1 is 1.38 bits per heavy atom. The molecule has 0 aliphatic rings. The second-order valence-electron chi connectivity index (χ2n) is 5.27. The third-order valence-corrected chi connectivity index (χ3v) is 3.45. The molecule has 0 saturated heterocycles. The summed E-state index contributed by atoms with van der Waals surface area (Å²) in [6.45, 7) is 6.85. The van der Waals surface area contributed by atoms with Crippen LogP contribution in [0.5, 0.6) is 0 Å². The van der Waals surface area contributed by atoms with Crippen molar-refractivity contribution < 1.29 is 19.1 Å². The van der Waals surface area contributed by atoms with Crippen molar-refractivity contribution in [3.05, 3.63) is 23.7 Å². The third-order valence-electron chi connectivity index (χ3n) is 3.45. The topological polar surface area (TPSA) is 74.0 Å². The molecule has 1 heterocycles. The summed E-state index contributed by atoms with van der Waals surface area (Å²) in [6.07, 6.45) is 0.0300. The predicted octanol–water partition coefficient (Wildman–Crippen LogP) is 1.73. The van der Waals surface area contributed by atoms with Gasteiger partial charge in [0.25, 0.3) is 0 Å². The molecule has 6 nitrogen and oxygen atoms in total. The first-order chi connectivity index (χ1) is 9.83. The lowest BCUT2D eigenvalue weighted by molar-refractivity contribution is -0.139. The van der Waals surface area contributed by atoms with Gasteiger partial charge < -0.3 is 14.4 Å². The predicted molar refractivity (Wildman–Crippen MR) is 78.9 cm³/mol. The molecule has 6 heteroatoms. The zero-order chi connectivity index (χ0) is 16.0. The number of aryl methyl sites for hydroxylation is 1. The molecule has 1 unspecified atom stereocenters. The van der Waals surface area contributed by atoms with E-state index in [2.05, 4.69) is 0 Å². The van der Waals surface area contributed by atoms with Crippen molar-refractivity contribution in [2.24, 2.45) is 0 Å². The van der Waals surface area contributed by atoms with E-state index in [-0.39, 0.29) is 24.9 Å². The van der Waals surface area contributed by atoms with Crippen LogP contribution in [0.25, 0.3) is 0 Å². The van der Waals surface area contributed by atoms with Crippen molar-refractivity contribution in [1.29, 1.82) is 0 Å². The SMILES string of the molecule is CCN(CC(=O)N(C)Cc1ccc(C)o1)C(C)CC(=O)O. The minimum absolute atomic E-state index is 0.0300. The van der Waals surface area contributed by atoms with Crippen molar-refractivity contribution in [3.8, 4) is 0 Å². The van der Waals surface area contributed by atoms with E-state index >= 15 is 0 Å². The summed E-state index contributed by atoms with van der Waals surface area (Å²) in [5.41, 5.74) is 0. The van der Waals surface area contributed by atoms with E-state index in [1.807, 2.05) is 37.8 Å². The number of hydrogen-bond acceptors (Lipinski definition) is 4. The fraction of sp³-hybridized carbons (Fsp3) is 0.600. The van der Waals surface area contributed by atoms with Crippen molar-refractivity contribution in [2.45, 2.75) is 39.8 Å². The van der Waals surface area contributed by atoms with Crippen molar-refractivity contribution in [2.75, 3.05) is 20.1 Å². The summed E-state index contributed by atoms with van der Waals surface area (Å²) in [4.78, 5) is 26.4. The van der Waals surface area contributed by atoms with Crippen LogP contribution in [-0.4, -0.2) is 53.0 Å². The largest absolute Gasteiger partial charge is 0.481 e. The van der Waals surface area contributed by atoms with Gasteiger partial charge in [0.2, 0.25) is 5.91 Å². The summed E-state index contributed by atoms with van der Waals surface area (Å²) in [7, 11) is 1.72. The lowest BCUT2D eigenvalue weighted by Gasteiger charge is -2.28. The summed E-state index contributed by atoms with van der Waals surface area (Å²) in [6, 6.07) is 3.54. The monoisotopic (exact) mass is 296 g/mol. The molecule has 21 heavy (non-hydrogen) atoms. The molecule has 1 atom stereocenters. The van der Waals surface area contributed by atoms with Gasteiger partial charge in [-0.05, 0) is 32.5 Å².